The van der Waals surface area contributed by atoms with E-state index in [2.05, 4.69) is 44.2 Å². The van der Waals surface area contributed by atoms with Gasteiger partial charge in [0.25, 0.3) is 0 Å². The number of fused-ring (bicyclic) bond motifs is 3. The number of hydrogen-bond acceptors (Lipinski definition) is 2. The number of ether oxygens (including phenoxy) is 1. The van der Waals surface area contributed by atoms with E-state index in [9.17, 15) is 4.79 Å². The molecule has 0 unspecified atom stereocenters. The van der Waals surface area contributed by atoms with Gasteiger partial charge in [0.15, 0.2) is 0 Å². The Morgan fingerprint density at radius 3 is 1.41 bits per heavy atom. The third kappa shape index (κ3) is 10.0. The lowest BCUT2D eigenvalue weighted by Crippen LogP contribution is -2.25. The summed E-state index contributed by atoms with van der Waals surface area (Å²) in [5.74, 6) is 0.947. The quantitative estimate of drug-likeness (QED) is 0.0942. The van der Waals surface area contributed by atoms with Gasteiger partial charge in [-0.05, 0) is 53.3 Å². The van der Waals surface area contributed by atoms with Crippen molar-refractivity contribution in [1.82, 2.24) is 0 Å². The number of hydrogen-bond donors (Lipinski definition) is 0. The number of aldehydes is 1. The summed E-state index contributed by atoms with van der Waals surface area (Å²) in [5, 5.41) is 0. The van der Waals surface area contributed by atoms with Crippen LogP contribution in [0.4, 0.5) is 0 Å². The SMILES string of the molecule is CCCCCCCCCCCCC1(CCCCCCCCCCCC)c2cc(C=O)ccc2-c2ccc(OC)cc21. The monoisotopic (exact) mass is 560 g/mol. The third-order valence-corrected chi connectivity index (χ3v) is 9.64. The highest BCUT2D eigenvalue weighted by Gasteiger charge is 2.42. The van der Waals surface area contributed by atoms with Gasteiger partial charge in [-0.15, -0.1) is 0 Å². The smallest absolute Gasteiger partial charge is 0.150 e. The topological polar surface area (TPSA) is 26.3 Å². The molecule has 0 fully saturated rings. The van der Waals surface area contributed by atoms with Gasteiger partial charge in [0, 0.05) is 11.0 Å². The fourth-order valence-electron chi connectivity index (χ4n) is 7.18. The van der Waals surface area contributed by atoms with Gasteiger partial charge in [0.1, 0.15) is 12.0 Å². The first-order valence-electron chi connectivity index (χ1n) is 17.5. The lowest BCUT2D eigenvalue weighted by molar-refractivity contribution is 0.112. The van der Waals surface area contributed by atoms with Gasteiger partial charge >= 0.3 is 0 Å². The molecule has 0 amide bonds. The average Bonchev–Trinajstić information content (AvgIpc) is 3.27. The second-order valence-electron chi connectivity index (χ2n) is 12.8. The van der Waals surface area contributed by atoms with Crippen molar-refractivity contribution in [2.24, 2.45) is 0 Å². The Hall–Kier alpha value is -2.09. The van der Waals surface area contributed by atoms with Crippen LogP contribution in [0.5, 0.6) is 5.75 Å². The first-order valence-corrected chi connectivity index (χ1v) is 17.5. The second kappa shape index (κ2) is 19.2. The number of rotatable bonds is 24. The van der Waals surface area contributed by atoms with E-state index in [4.69, 9.17) is 4.74 Å². The van der Waals surface area contributed by atoms with Crippen LogP contribution in [0.1, 0.15) is 177 Å². The van der Waals surface area contributed by atoms with E-state index < -0.39 is 0 Å². The molecule has 2 aromatic rings. The van der Waals surface area contributed by atoms with Crippen molar-refractivity contribution in [1.29, 1.82) is 0 Å². The summed E-state index contributed by atoms with van der Waals surface area (Å²) in [6.07, 6.45) is 30.5. The van der Waals surface area contributed by atoms with Crippen LogP contribution >= 0.6 is 0 Å². The molecule has 2 aromatic carbocycles. The van der Waals surface area contributed by atoms with Crippen LogP contribution in [0.25, 0.3) is 11.1 Å². The second-order valence-corrected chi connectivity index (χ2v) is 12.8. The molecule has 0 spiro atoms. The van der Waals surface area contributed by atoms with Crippen molar-refractivity contribution in [3.8, 4) is 16.9 Å². The Morgan fingerprint density at radius 1 is 0.561 bits per heavy atom. The lowest BCUT2D eigenvalue weighted by Gasteiger charge is -2.33. The van der Waals surface area contributed by atoms with E-state index >= 15 is 0 Å². The molecular formula is C39H60O2. The number of carbonyl (C=O) groups excluding carboxylic acids is 1. The van der Waals surface area contributed by atoms with E-state index in [0.29, 0.717) is 0 Å². The highest BCUT2D eigenvalue weighted by atomic mass is 16.5. The van der Waals surface area contributed by atoms with Gasteiger partial charge < -0.3 is 4.74 Å². The largest absolute Gasteiger partial charge is 0.497 e. The van der Waals surface area contributed by atoms with Gasteiger partial charge in [-0.25, -0.2) is 0 Å². The Kier molecular flexibility index (Phi) is 15.6. The molecule has 2 heteroatoms. The van der Waals surface area contributed by atoms with Crippen LogP contribution in [0.15, 0.2) is 36.4 Å². The molecule has 1 aliphatic carbocycles. The number of unbranched alkanes of at least 4 members (excludes halogenated alkanes) is 18. The summed E-state index contributed by atoms with van der Waals surface area (Å²) in [6.45, 7) is 4.58. The predicted octanol–water partition coefficient (Wildman–Crippen LogP) is 12.4. The normalized spacial score (nSPS) is 13.2. The molecule has 0 N–H and O–H groups in total. The molecule has 0 saturated carbocycles. The fraction of sp³-hybridized carbons (Fsp3) is 0.667. The molecule has 0 aliphatic heterocycles. The molecule has 0 saturated heterocycles. The van der Waals surface area contributed by atoms with Gasteiger partial charge in [0.2, 0.25) is 0 Å². The highest BCUT2D eigenvalue weighted by Crippen LogP contribution is 2.55. The van der Waals surface area contributed by atoms with Crippen LogP contribution in [0.3, 0.4) is 0 Å². The van der Waals surface area contributed by atoms with Crippen LogP contribution in [-0.4, -0.2) is 13.4 Å². The maximum atomic E-state index is 11.9. The molecule has 0 radical (unpaired) electrons. The molecule has 0 atom stereocenters. The third-order valence-electron chi connectivity index (χ3n) is 9.64. The zero-order chi connectivity index (χ0) is 29.2. The highest BCUT2D eigenvalue weighted by molar-refractivity contribution is 5.85. The van der Waals surface area contributed by atoms with Crippen molar-refractivity contribution in [3.05, 3.63) is 53.1 Å². The summed E-state index contributed by atoms with van der Waals surface area (Å²) >= 11 is 0. The van der Waals surface area contributed by atoms with Crippen LogP contribution < -0.4 is 4.74 Å². The number of benzene rings is 2. The Balaban J connectivity index is 1.66. The van der Waals surface area contributed by atoms with Crippen molar-refractivity contribution >= 4 is 6.29 Å². The molecule has 1 aliphatic rings. The first kappa shape index (κ1) is 33.4. The molecule has 3 rings (SSSR count). The standard InChI is InChI=1S/C39H60O2/c1-4-6-8-10-12-14-16-18-20-22-28-39(29-23-21-19-17-15-13-11-9-7-5-2)37-30-33(32-40)24-26-35(37)36-27-25-34(41-3)31-38(36)39/h24-27,30-32H,4-23,28-29H2,1-3H3. The van der Waals surface area contributed by atoms with Crippen molar-refractivity contribution in [3.63, 3.8) is 0 Å². The summed E-state index contributed by atoms with van der Waals surface area (Å²) in [4.78, 5) is 11.9. The molecule has 41 heavy (non-hydrogen) atoms. The minimum Gasteiger partial charge on any atom is -0.497 e. The molecular weight excluding hydrogens is 500 g/mol. The summed E-state index contributed by atoms with van der Waals surface area (Å²) < 4.78 is 5.73. The fourth-order valence-corrected chi connectivity index (χ4v) is 7.18. The molecule has 0 aromatic heterocycles. The maximum absolute atomic E-state index is 11.9. The number of carbonyl (C=O) groups is 1. The Labute approximate surface area is 253 Å². The van der Waals surface area contributed by atoms with Gasteiger partial charge in [-0.1, -0.05) is 160 Å². The van der Waals surface area contributed by atoms with E-state index in [1.54, 1.807) is 7.11 Å². The van der Waals surface area contributed by atoms with Crippen molar-refractivity contribution < 1.29 is 9.53 Å². The predicted molar refractivity (Wildman–Crippen MR) is 178 cm³/mol. The van der Waals surface area contributed by atoms with E-state index in [0.717, 1.165) is 30.4 Å². The van der Waals surface area contributed by atoms with Gasteiger partial charge in [-0.2, -0.15) is 0 Å². The minimum atomic E-state index is -0.0153. The van der Waals surface area contributed by atoms with Crippen molar-refractivity contribution in [2.45, 2.75) is 161 Å². The van der Waals surface area contributed by atoms with E-state index in [1.807, 2.05) is 6.07 Å². The van der Waals surface area contributed by atoms with Crippen LogP contribution in [0, 0.1) is 0 Å². The van der Waals surface area contributed by atoms with Crippen molar-refractivity contribution in [2.75, 3.05) is 7.11 Å². The Morgan fingerprint density at radius 2 is 0.976 bits per heavy atom. The Bertz CT molecular complexity index is 983. The lowest BCUT2D eigenvalue weighted by atomic mass is 9.70. The molecule has 0 heterocycles. The molecule has 2 nitrogen and oxygen atoms in total. The van der Waals surface area contributed by atoms with Crippen LogP contribution in [-0.2, 0) is 5.41 Å². The average molecular weight is 561 g/mol. The zero-order valence-corrected chi connectivity index (χ0v) is 26.9. The zero-order valence-electron chi connectivity index (χ0n) is 26.9. The van der Waals surface area contributed by atoms with Gasteiger partial charge in [-0.3, -0.25) is 4.79 Å². The van der Waals surface area contributed by atoms with Gasteiger partial charge in [0.05, 0.1) is 7.11 Å². The summed E-state index contributed by atoms with van der Waals surface area (Å²) in [6, 6.07) is 13.1. The van der Waals surface area contributed by atoms with E-state index in [-0.39, 0.29) is 5.41 Å². The summed E-state index contributed by atoms with van der Waals surface area (Å²) in [5.41, 5.74) is 6.28. The first-order chi connectivity index (χ1) is 20.2. The molecule has 0 bridgehead atoms. The van der Waals surface area contributed by atoms with E-state index in [1.165, 1.54) is 151 Å². The maximum Gasteiger partial charge on any atom is 0.150 e. The number of methoxy groups -OCH3 is 1. The van der Waals surface area contributed by atoms with Crippen LogP contribution in [0.2, 0.25) is 0 Å². The molecule has 228 valence electrons. The minimum absolute atomic E-state index is 0.0153. The summed E-state index contributed by atoms with van der Waals surface area (Å²) in [7, 11) is 1.78.